The molecular formula is C13H18BrNO5S. The van der Waals surface area contributed by atoms with Crippen LogP contribution in [0.15, 0.2) is 21.5 Å². The zero-order valence-electron chi connectivity index (χ0n) is 11.8. The van der Waals surface area contributed by atoms with Crippen LogP contribution in [0.2, 0.25) is 0 Å². The van der Waals surface area contributed by atoms with Crippen LogP contribution in [-0.2, 0) is 10.0 Å². The van der Waals surface area contributed by atoms with Crippen molar-refractivity contribution in [3.05, 3.63) is 27.7 Å². The second-order valence-electron chi connectivity index (χ2n) is 4.46. The van der Waals surface area contributed by atoms with Gasteiger partial charge in [0.1, 0.15) is 0 Å². The third kappa shape index (κ3) is 4.03. The van der Waals surface area contributed by atoms with Crippen LogP contribution in [0, 0.1) is 6.92 Å². The van der Waals surface area contributed by atoms with Gasteiger partial charge in [-0.3, -0.25) is 0 Å². The number of aliphatic hydroxyl groups excluding tert-OH is 1. The van der Waals surface area contributed by atoms with E-state index in [0.717, 1.165) is 0 Å². The molecule has 0 atom stereocenters. The van der Waals surface area contributed by atoms with E-state index in [4.69, 9.17) is 10.2 Å². The predicted octanol–water partition coefficient (Wildman–Crippen LogP) is 1.85. The van der Waals surface area contributed by atoms with E-state index in [0.29, 0.717) is 16.5 Å². The number of halogens is 1. The fourth-order valence-electron chi connectivity index (χ4n) is 1.88. The molecule has 0 aliphatic rings. The van der Waals surface area contributed by atoms with Gasteiger partial charge in [-0.25, -0.2) is 13.2 Å². The van der Waals surface area contributed by atoms with Crippen molar-refractivity contribution >= 4 is 31.9 Å². The number of hydrogen-bond donors (Lipinski definition) is 2. The lowest BCUT2D eigenvalue weighted by Gasteiger charge is -2.22. The molecule has 0 saturated carbocycles. The van der Waals surface area contributed by atoms with E-state index in [1.165, 1.54) is 16.4 Å². The molecule has 0 heterocycles. The van der Waals surface area contributed by atoms with Crippen molar-refractivity contribution in [2.24, 2.45) is 0 Å². The van der Waals surface area contributed by atoms with Crippen LogP contribution in [-0.4, -0.2) is 48.6 Å². The Morgan fingerprint density at radius 2 is 2.00 bits per heavy atom. The topological polar surface area (TPSA) is 94.9 Å². The van der Waals surface area contributed by atoms with Gasteiger partial charge < -0.3 is 10.2 Å². The molecule has 118 valence electrons. The molecule has 21 heavy (non-hydrogen) atoms. The van der Waals surface area contributed by atoms with Crippen LogP contribution in [0.5, 0.6) is 0 Å². The Labute approximate surface area is 132 Å². The third-order valence-electron chi connectivity index (χ3n) is 3.08. The second-order valence-corrected chi connectivity index (χ2v) is 7.22. The molecule has 2 N–H and O–H groups in total. The molecule has 1 aromatic carbocycles. The lowest BCUT2D eigenvalue weighted by molar-refractivity contribution is 0.0696. The van der Waals surface area contributed by atoms with Gasteiger partial charge in [0.2, 0.25) is 10.0 Å². The normalized spacial score (nSPS) is 11.9. The number of benzene rings is 1. The highest BCUT2D eigenvalue weighted by Gasteiger charge is 2.26. The Bertz CT molecular complexity index is 630. The molecule has 0 amide bonds. The molecule has 0 unspecified atom stereocenters. The maximum Gasteiger partial charge on any atom is 0.335 e. The van der Waals surface area contributed by atoms with Crippen molar-refractivity contribution in [2.75, 3.05) is 19.7 Å². The summed E-state index contributed by atoms with van der Waals surface area (Å²) in [5.41, 5.74) is 0.367. The van der Waals surface area contributed by atoms with Crippen LogP contribution in [0.4, 0.5) is 0 Å². The average Bonchev–Trinajstić information content (AvgIpc) is 2.41. The molecule has 0 fully saturated rings. The van der Waals surface area contributed by atoms with Gasteiger partial charge in [-0.15, -0.1) is 0 Å². The summed E-state index contributed by atoms with van der Waals surface area (Å²) < 4.78 is 27.0. The van der Waals surface area contributed by atoms with Crippen LogP contribution >= 0.6 is 15.9 Å². The first-order valence-electron chi connectivity index (χ1n) is 6.40. The minimum atomic E-state index is -3.80. The first kappa shape index (κ1) is 18.1. The number of rotatable bonds is 7. The number of carbonyl (C=O) groups is 1. The Morgan fingerprint density at radius 3 is 2.48 bits per heavy atom. The molecule has 0 aliphatic carbocycles. The number of hydrogen-bond acceptors (Lipinski definition) is 4. The van der Waals surface area contributed by atoms with E-state index in [-0.39, 0.29) is 30.2 Å². The molecule has 0 spiro atoms. The molecule has 0 aliphatic heterocycles. The van der Waals surface area contributed by atoms with Gasteiger partial charge in [-0.1, -0.05) is 22.9 Å². The third-order valence-corrected chi connectivity index (χ3v) is 6.00. The van der Waals surface area contributed by atoms with Crippen molar-refractivity contribution < 1.29 is 23.4 Å². The molecule has 6 nitrogen and oxygen atoms in total. The van der Waals surface area contributed by atoms with E-state index < -0.39 is 16.0 Å². The summed E-state index contributed by atoms with van der Waals surface area (Å²) in [5, 5.41) is 17.9. The maximum absolute atomic E-state index is 12.6. The molecule has 0 saturated heterocycles. The van der Waals surface area contributed by atoms with Crippen LogP contribution in [0.25, 0.3) is 0 Å². The monoisotopic (exact) mass is 379 g/mol. The Balaban J connectivity index is 3.39. The standard InChI is InChI=1S/C13H18BrNO5S/c1-3-15(5-4-6-16)21(19,20)12-8-10(13(17)18)7-11(14)9(12)2/h7-8,16H,3-6H2,1-2H3,(H,17,18). The van der Waals surface area contributed by atoms with Crippen molar-refractivity contribution in [1.82, 2.24) is 4.31 Å². The van der Waals surface area contributed by atoms with E-state index >= 15 is 0 Å². The lowest BCUT2D eigenvalue weighted by Crippen LogP contribution is -2.33. The zero-order chi connectivity index (χ0) is 16.2. The number of aromatic carboxylic acids is 1. The molecule has 0 bridgehead atoms. The summed E-state index contributed by atoms with van der Waals surface area (Å²) in [6.45, 7) is 3.63. The summed E-state index contributed by atoms with van der Waals surface area (Å²) in [4.78, 5) is 11.1. The first-order chi connectivity index (χ1) is 9.75. The number of aliphatic hydroxyl groups is 1. The highest BCUT2D eigenvalue weighted by Crippen LogP contribution is 2.28. The largest absolute Gasteiger partial charge is 0.478 e. The Kier molecular flexibility index (Phi) is 6.33. The zero-order valence-corrected chi connectivity index (χ0v) is 14.2. The number of nitrogens with zero attached hydrogens (tertiary/aromatic N) is 1. The molecule has 1 aromatic rings. The van der Waals surface area contributed by atoms with Gasteiger partial charge in [0, 0.05) is 24.2 Å². The van der Waals surface area contributed by atoms with Gasteiger partial charge in [0.05, 0.1) is 10.5 Å². The minimum Gasteiger partial charge on any atom is -0.478 e. The summed E-state index contributed by atoms with van der Waals surface area (Å²) in [6, 6.07) is 2.54. The van der Waals surface area contributed by atoms with Gasteiger partial charge in [-0.2, -0.15) is 4.31 Å². The fourth-order valence-corrected chi connectivity index (χ4v) is 4.23. The van der Waals surface area contributed by atoms with Gasteiger partial charge in [0.15, 0.2) is 0 Å². The van der Waals surface area contributed by atoms with Gasteiger partial charge in [-0.05, 0) is 31.0 Å². The molecule has 0 aromatic heterocycles. The van der Waals surface area contributed by atoms with Crippen molar-refractivity contribution in [1.29, 1.82) is 0 Å². The number of sulfonamides is 1. The summed E-state index contributed by atoms with van der Waals surface area (Å²) >= 11 is 3.20. The molecule has 8 heteroatoms. The maximum atomic E-state index is 12.6. The van der Waals surface area contributed by atoms with Crippen LogP contribution in [0.1, 0.15) is 29.3 Å². The molecular weight excluding hydrogens is 362 g/mol. The quantitative estimate of drug-likeness (QED) is 0.753. The molecule has 1 rings (SSSR count). The van der Waals surface area contributed by atoms with Gasteiger partial charge in [0.25, 0.3) is 0 Å². The first-order valence-corrected chi connectivity index (χ1v) is 8.63. The summed E-state index contributed by atoms with van der Waals surface area (Å²) in [6.07, 6.45) is 0.325. The summed E-state index contributed by atoms with van der Waals surface area (Å²) in [7, 11) is -3.80. The highest BCUT2D eigenvalue weighted by molar-refractivity contribution is 9.10. The average molecular weight is 380 g/mol. The van der Waals surface area contributed by atoms with E-state index in [1.807, 2.05) is 0 Å². The predicted molar refractivity (Wildman–Crippen MR) is 82.0 cm³/mol. The minimum absolute atomic E-state index is 0.0333. The van der Waals surface area contributed by atoms with Crippen molar-refractivity contribution in [3.63, 3.8) is 0 Å². The summed E-state index contributed by atoms with van der Waals surface area (Å²) in [5.74, 6) is -1.19. The second kappa shape index (κ2) is 7.35. The SMILES string of the molecule is CCN(CCCO)S(=O)(=O)c1cc(C(=O)O)cc(Br)c1C. The van der Waals surface area contributed by atoms with Crippen LogP contribution < -0.4 is 0 Å². The molecule has 0 radical (unpaired) electrons. The Morgan fingerprint density at radius 1 is 1.38 bits per heavy atom. The van der Waals surface area contributed by atoms with E-state index in [1.54, 1.807) is 13.8 Å². The number of carboxylic acids is 1. The number of carboxylic acid groups (broad SMARTS) is 1. The van der Waals surface area contributed by atoms with Crippen molar-refractivity contribution in [2.45, 2.75) is 25.2 Å². The van der Waals surface area contributed by atoms with E-state index in [9.17, 15) is 13.2 Å². The Hall–Kier alpha value is -0.960. The smallest absolute Gasteiger partial charge is 0.335 e. The van der Waals surface area contributed by atoms with Crippen LogP contribution in [0.3, 0.4) is 0 Å². The van der Waals surface area contributed by atoms with E-state index in [2.05, 4.69) is 15.9 Å². The van der Waals surface area contributed by atoms with Gasteiger partial charge >= 0.3 is 5.97 Å². The van der Waals surface area contributed by atoms with Crippen molar-refractivity contribution in [3.8, 4) is 0 Å². The fraction of sp³-hybridized carbons (Fsp3) is 0.462. The lowest BCUT2D eigenvalue weighted by atomic mass is 10.1. The highest BCUT2D eigenvalue weighted by atomic mass is 79.9.